The zero-order valence-corrected chi connectivity index (χ0v) is 12.0. The lowest BCUT2D eigenvalue weighted by Gasteiger charge is -2.10. The first-order chi connectivity index (χ1) is 9.00. The van der Waals surface area contributed by atoms with Gasteiger partial charge < -0.3 is 16.4 Å². The minimum Gasteiger partial charge on any atom is -0.389 e. The van der Waals surface area contributed by atoms with Crippen LogP contribution in [0.2, 0.25) is 0 Å². The molecule has 19 heavy (non-hydrogen) atoms. The number of hydrogen-bond acceptors (Lipinski definition) is 4. The summed E-state index contributed by atoms with van der Waals surface area (Å²) in [7, 11) is 1.83. The molecule has 1 amide bonds. The van der Waals surface area contributed by atoms with Gasteiger partial charge in [0, 0.05) is 26.1 Å². The molecule has 0 atom stereocenters. The summed E-state index contributed by atoms with van der Waals surface area (Å²) >= 11 is 5.03. The minimum absolute atomic E-state index is 0.151. The summed E-state index contributed by atoms with van der Waals surface area (Å²) in [5.41, 5.74) is 7.27. The Balaban J connectivity index is 1.88. The topological polar surface area (TPSA) is 85.0 Å². The predicted octanol–water partition coefficient (Wildman–Crippen LogP) is 0.301. The van der Waals surface area contributed by atoms with Gasteiger partial charge in [-0.2, -0.15) is 5.10 Å². The molecule has 0 radical (unpaired) electrons. The lowest BCUT2D eigenvalue weighted by atomic mass is 10.2. The fraction of sp³-hybridized carbons (Fsp3) is 0.583. The molecule has 1 aromatic heterocycles. The van der Waals surface area contributed by atoms with Crippen molar-refractivity contribution in [2.45, 2.75) is 19.8 Å². The highest BCUT2D eigenvalue weighted by Gasteiger charge is 2.29. The summed E-state index contributed by atoms with van der Waals surface area (Å²) in [5.74, 6) is 1.19. The van der Waals surface area contributed by atoms with Gasteiger partial charge in [0.05, 0.1) is 11.3 Å². The number of nitrogens with zero attached hydrogens (tertiary/aromatic N) is 2. The normalized spacial score (nSPS) is 14.2. The molecule has 1 aliphatic rings. The molecule has 1 saturated carbocycles. The van der Waals surface area contributed by atoms with Crippen LogP contribution in [-0.4, -0.2) is 33.8 Å². The van der Waals surface area contributed by atoms with E-state index in [1.165, 1.54) is 0 Å². The maximum absolute atomic E-state index is 11.5. The molecular formula is C12H19N5OS. The zero-order valence-electron chi connectivity index (χ0n) is 11.2. The second-order valence-electron chi connectivity index (χ2n) is 4.79. The smallest absolute Gasteiger partial charge is 0.223 e. The number of rotatable bonds is 6. The maximum Gasteiger partial charge on any atom is 0.223 e. The third-order valence-electron chi connectivity index (χ3n) is 3.13. The average Bonchev–Trinajstić information content (AvgIpc) is 3.11. The highest BCUT2D eigenvalue weighted by molar-refractivity contribution is 7.80. The van der Waals surface area contributed by atoms with Crippen molar-refractivity contribution in [2.75, 3.05) is 18.4 Å². The monoisotopic (exact) mass is 281 g/mol. The molecule has 1 aromatic rings. The Bertz CT molecular complexity index is 506. The molecule has 2 rings (SSSR count). The largest absolute Gasteiger partial charge is 0.389 e. The third-order valence-corrected chi connectivity index (χ3v) is 3.34. The van der Waals surface area contributed by atoms with E-state index in [0.29, 0.717) is 18.1 Å². The van der Waals surface area contributed by atoms with Gasteiger partial charge in [0.1, 0.15) is 10.8 Å². The van der Waals surface area contributed by atoms with Crippen molar-refractivity contribution < 1.29 is 4.79 Å². The second kappa shape index (κ2) is 5.56. The molecule has 1 fully saturated rings. The molecule has 0 spiro atoms. The molecule has 6 nitrogen and oxygen atoms in total. The van der Waals surface area contributed by atoms with Gasteiger partial charge in [-0.3, -0.25) is 9.48 Å². The van der Waals surface area contributed by atoms with Crippen molar-refractivity contribution in [1.82, 2.24) is 15.1 Å². The number of amides is 1. The van der Waals surface area contributed by atoms with E-state index in [1.807, 2.05) is 14.0 Å². The Morgan fingerprint density at radius 3 is 2.79 bits per heavy atom. The molecule has 0 aromatic carbocycles. The van der Waals surface area contributed by atoms with Crippen LogP contribution in [-0.2, 0) is 11.8 Å². The van der Waals surface area contributed by atoms with Crippen molar-refractivity contribution in [2.24, 2.45) is 18.7 Å². The quantitative estimate of drug-likeness (QED) is 0.516. The molecule has 104 valence electrons. The summed E-state index contributed by atoms with van der Waals surface area (Å²) in [6, 6.07) is 0. The number of carbonyl (C=O) groups excluding carboxylic acids is 1. The van der Waals surface area contributed by atoms with Gasteiger partial charge in [-0.05, 0) is 19.8 Å². The molecule has 1 aliphatic carbocycles. The van der Waals surface area contributed by atoms with Crippen molar-refractivity contribution in [3.8, 4) is 0 Å². The fourth-order valence-electron chi connectivity index (χ4n) is 2.01. The molecular weight excluding hydrogens is 262 g/mol. The molecule has 0 aliphatic heterocycles. The lowest BCUT2D eigenvalue weighted by molar-refractivity contribution is -0.122. The van der Waals surface area contributed by atoms with E-state index in [0.717, 1.165) is 29.9 Å². The number of nitrogens with one attached hydrogen (secondary N) is 2. The lowest BCUT2D eigenvalue weighted by Crippen LogP contribution is -2.30. The summed E-state index contributed by atoms with van der Waals surface area (Å²) in [6.07, 6.45) is 2.04. The Kier molecular flexibility index (Phi) is 4.04. The predicted molar refractivity (Wildman–Crippen MR) is 78.1 cm³/mol. The molecule has 4 N–H and O–H groups in total. The van der Waals surface area contributed by atoms with Gasteiger partial charge >= 0.3 is 0 Å². The van der Waals surface area contributed by atoms with Crippen LogP contribution < -0.4 is 16.4 Å². The van der Waals surface area contributed by atoms with Crippen LogP contribution in [0.5, 0.6) is 0 Å². The number of carbonyl (C=O) groups is 1. The first-order valence-electron chi connectivity index (χ1n) is 6.35. The first kappa shape index (κ1) is 13.8. The first-order valence-corrected chi connectivity index (χ1v) is 6.76. The summed E-state index contributed by atoms with van der Waals surface area (Å²) < 4.78 is 1.71. The van der Waals surface area contributed by atoms with E-state index >= 15 is 0 Å². The minimum atomic E-state index is 0.151. The number of aromatic nitrogens is 2. The van der Waals surface area contributed by atoms with Gasteiger partial charge in [0.2, 0.25) is 5.91 Å². The maximum atomic E-state index is 11.5. The number of nitrogens with two attached hydrogens (primary N) is 1. The summed E-state index contributed by atoms with van der Waals surface area (Å²) in [6.45, 7) is 3.07. The Morgan fingerprint density at radius 2 is 2.21 bits per heavy atom. The molecule has 1 heterocycles. The van der Waals surface area contributed by atoms with E-state index in [-0.39, 0.29) is 11.8 Å². The SMILES string of the molecule is Cc1nn(C)c(NCCNC(=O)C2CC2)c1C(N)=S. The number of thiocarbonyl (C=S) groups is 1. The van der Waals surface area contributed by atoms with Crippen LogP contribution in [0.1, 0.15) is 24.1 Å². The van der Waals surface area contributed by atoms with Gasteiger partial charge in [-0.1, -0.05) is 12.2 Å². The van der Waals surface area contributed by atoms with E-state index < -0.39 is 0 Å². The van der Waals surface area contributed by atoms with Crippen LogP contribution in [0.3, 0.4) is 0 Å². The van der Waals surface area contributed by atoms with Crippen molar-refractivity contribution in [3.05, 3.63) is 11.3 Å². The number of hydrogen-bond donors (Lipinski definition) is 3. The average molecular weight is 281 g/mol. The van der Waals surface area contributed by atoms with E-state index in [4.69, 9.17) is 18.0 Å². The zero-order chi connectivity index (χ0) is 14.0. The third kappa shape index (κ3) is 3.23. The van der Waals surface area contributed by atoms with Crippen molar-refractivity contribution in [3.63, 3.8) is 0 Å². The highest BCUT2D eigenvalue weighted by atomic mass is 32.1. The fourth-order valence-corrected chi connectivity index (χ4v) is 2.26. The number of anilines is 1. The highest BCUT2D eigenvalue weighted by Crippen LogP contribution is 2.28. The van der Waals surface area contributed by atoms with Crippen LogP contribution in [0.4, 0.5) is 5.82 Å². The van der Waals surface area contributed by atoms with Crippen LogP contribution >= 0.6 is 12.2 Å². The van der Waals surface area contributed by atoms with Gasteiger partial charge in [0.25, 0.3) is 0 Å². The van der Waals surface area contributed by atoms with Crippen LogP contribution in [0.15, 0.2) is 0 Å². The van der Waals surface area contributed by atoms with Gasteiger partial charge in [-0.15, -0.1) is 0 Å². The van der Waals surface area contributed by atoms with Gasteiger partial charge in [0.15, 0.2) is 0 Å². The van der Waals surface area contributed by atoms with E-state index in [9.17, 15) is 4.79 Å². The standard InChI is InChI=1S/C12H19N5OS/c1-7-9(10(13)19)11(17(2)16-7)14-5-6-15-12(18)8-3-4-8/h8,14H,3-6H2,1-2H3,(H2,13,19)(H,15,18). The number of aryl methyl sites for hydroxylation is 2. The second-order valence-corrected chi connectivity index (χ2v) is 5.23. The van der Waals surface area contributed by atoms with Crippen molar-refractivity contribution in [1.29, 1.82) is 0 Å². The Morgan fingerprint density at radius 1 is 1.53 bits per heavy atom. The van der Waals surface area contributed by atoms with Crippen LogP contribution in [0.25, 0.3) is 0 Å². The summed E-state index contributed by atoms with van der Waals surface area (Å²) in [4.78, 5) is 11.8. The van der Waals surface area contributed by atoms with E-state index in [1.54, 1.807) is 4.68 Å². The molecule has 0 bridgehead atoms. The van der Waals surface area contributed by atoms with Crippen LogP contribution in [0, 0.1) is 12.8 Å². The molecule has 0 saturated heterocycles. The van der Waals surface area contributed by atoms with Gasteiger partial charge in [-0.25, -0.2) is 0 Å². The Labute approximate surface area is 117 Å². The molecule has 0 unspecified atom stereocenters. The Hall–Kier alpha value is -1.63. The molecule has 7 heteroatoms. The summed E-state index contributed by atoms with van der Waals surface area (Å²) in [5, 5.41) is 10.4. The van der Waals surface area contributed by atoms with E-state index in [2.05, 4.69) is 15.7 Å². The van der Waals surface area contributed by atoms with Crippen molar-refractivity contribution >= 4 is 28.9 Å².